The van der Waals surface area contributed by atoms with Crippen molar-refractivity contribution >= 4 is 17.2 Å². The molecule has 0 N–H and O–H groups in total. The van der Waals surface area contributed by atoms with Crippen LogP contribution in [0.5, 0.6) is 0 Å². The molecule has 1 aliphatic heterocycles. The number of nitrogens with zero attached hydrogens (tertiary/aromatic N) is 7. The van der Waals surface area contributed by atoms with Gasteiger partial charge in [0.2, 0.25) is 0 Å². The molecule has 0 unspecified atom stereocenters. The van der Waals surface area contributed by atoms with Crippen LogP contribution in [0.1, 0.15) is 45.9 Å². The molecular formula is C17H21N7OS. The van der Waals surface area contributed by atoms with Crippen molar-refractivity contribution in [3.63, 3.8) is 0 Å². The first kappa shape index (κ1) is 16.9. The molecular weight excluding hydrogens is 350 g/mol. The fourth-order valence-corrected chi connectivity index (χ4v) is 3.96. The van der Waals surface area contributed by atoms with E-state index in [9.17, 15) is 4.79 Å². The van der Waals surface area contributed by atoms with Gasteiger partial charge in [-0.1, -0.05) is 0 Å². The average Bonchev–Trinajstić information content (AvgIpc) is 3.38. The molecule has 9 heteroatoms. The summed E-state index contributed by atoms with van der Waals surface area (Å²) < 4.78 is 3.90. The number of hydrogen-bond acceptors (Lipinski definition) is 6. The van der Waals surface area contributed by atoms with E-state index in [4.69, 9.17) is 0 Å². The van der Waals surface area contributed by atoms with Crippen molar-refractivity contribution in [3.8, 4) is 0 Å². The Morgan fingerprint density at radius 3 is 2.77 bits per heavy atom. The lowest BCUT2D eigenvalue weighted by Crippen LogP contribution is -2.38. The van der Waals surface area contributed by atoms with E-state index in [0.717, 1.165) is 42.6 Å². The minimum Gasteiger partial charge on any atom is -0.337 e. The van der Waals surface area contributed by atoms with Crippen LogP contribution < -0.4 is 0 Å². The number of carbonyl (C=O) groups is 1. The van der Waals surface area contributed by atoms with Gasteiger partial charge in [-0.25, -0.2) is 4.98 Å². The van der Waals surface area contributed by atoms with E-state index >= 15 is 0 Å². The molecule has 8 nitrogen and oxygen atoms in total. The minimum atomic E-state index is 0.0325. The smallest absolute Gasteiger partial charge is 0.273 e. The third-order valence-electron chi connectivity index (χ3n) is 4.85. The van der Waals surface area contributed by atoms with Crippen LogP contribution in [0.25, 0.3) is 0 Å². The quantitative estimate of drug-likeness (QED) is 0.699. The van der Waals surface area contributed by atoms with Crippen LogP contribution in [0.15, 0.2) is 23.8 Å². The van der Waals surface area contributed by atoms with E-state index in [-0.39, 0.29) is 5.91 Å². The van der Waals surface area contributed by atoms with Crippen molar-refractivity contribution in [2.75, 3.05) is 13.1 Å². The van der Waals surface area contributed by atoms with Crippen molar-refractivity contribution < 1.29 is 4.79 Å². The lowest BCUT2D eigenvalue weighted by molar-refractivity contribution is 0.0705. The highest BCUT2D eigenvalue weighted by atomic mass is 32.1. The van der Waals surface area contributed by atoms with Gasteiger partial charge in [-0.05, 0) is 25.8 Å². The summed E-state index contributed by atoms with van der Waals surface area (Å²) in [5.41, 5.74) is 0.561. The van der Waals surface area contributed by atoms with Crippen LogP contribution in [-0.2, 0) is 13.6 Å². The molecule has 4 rings (SSSR count). The van der Waals surface area contributed by atoms with Crippen LogP contribution >= 0.6 is 11.3 Å². The van der Waals surface area contributed by atoms with Crippen LogP contribution in [0, 0.1) is 6.92 Å². The molecule has 0 spiro atoms. The predicted octanol–water partition coefficient (Wildman–Crippen LogP) is 1.84. The molecule has 1 aliphatic rings. The maximum Gasteiger partial charge on any atom is 0.273 e. The molecule has 0 aromatic carbocycles. The largest absolute Gasteiger partial charge is 0.337 e. The average molecular weight is 371 g/mol. The summed E-state index contributed by atoms with van der Waals surface area (Å²) in [7, 11) is 2.00. The van der Waals surface area contributed by atoms with Crippen molar-refractivity contribution in [3.05, 3.63) is 46.2 Å². The molecule has 0 atom stereocenters. The highest BCUT2D eigenvalue weighted by Gasteiger charge is 2.28. The summed E-state index contributed by atoms with van der Waals surface area (Å²) in [5, 5.41) is 15.7. The Labute approximate surface area is 155 Å². The van der Waals surface area contributed by atoms with E-state index in [2.05, 4.69) is 24.8 Å². The van der Waals surface area contributed by atoms with E-state index in [1.165, 1.54) is 11.3 Å². The van der Waals surface area contributed by atoms with Crippen LogP contribution in [0.4, 0.5) is 0 Å². The summed E-state index contributed by atoms with van der Waals surface area (Å²) in [6.07, 6.45) is 5.46. The topological polar surface area (TPSA) is 81.7 Å². The fraction of sp³-hybridized carbons (Fsp3) is 0.471. The third kappa shape index (κ3) is 3.26. The molecule has 1 saturated heterocycles. The van der Waals surface area contributed by atoms with E-state index < -0.39 is 0 Å². The Morgan fingerprint density at radius 2 is 2.12 bits per heavy atom. The number of hydrogen-bond donors (Lipinski definition) is 0. The Kier molecular flexibility index (Phi) is 4.54. The van der Waals surface area contributed by atoms with Crippen LogP contribution in [0.2, 0.25) is 0 Å². The molecule has 0 radical (unpaired) electrons. The van der Waals surface area contributed by atoms with Crippen LogP contribution in [0.3, 0.4) is 0 Å². The van der Waals surface area contributed by atoms with Crippen LogP contribution in [-0.4, -0.2) is 53.4 Å². The van der Waals surface area contributed by atoms with Crippen molar-refractivity contribution in [2.24, 2.45) is 7.05 Å². The zero-order valence-electron chi connectivity index (χ0n) is 14.9. The number of aromatic nitrogens is 6. The maximum atomic E-state index is 12.5. The molecule has 0 saturated carbocycles. The SMILES string of the molecule is Cc1nc(C(=O)N2CCC(c3nnc(Cn4cccn4)n3C)CC2)cs1. The second-order valence-corrected chi connectivity index (χ2v) is 7.62. The standard InChI is InChI=1S/C17H21N7OS/c1-12-19-14(11-26-12)17(25)23-8-4-13(5-9-23)16-21-20-15(22(16)2)10-24-7-3-6-18-24/h3,6-7,11,13H,4-5,8-10H2,1-2H3. The number of thiazole rings is 1. The van der Waals surface area contributed by atoms with Gasteiger partial charge in [-0.3, -0.25) is 9.48 Å². The number of likely N-dealkylation sites (tertiary alicyclic amines) is 1. The lowest BCUT2D eigenvalue weighted by Gasteiger charge is -2.31. The summed E-state index contributed by atoms with van der Waals surface area (Å²) in [5.74, 6) is 2.23. The predicted molar refractivity (Wildman–Crippen MR) is 97.1 cm³/mol. The summed E-state index contributed by atoms with van der Waals surface area (Å²) in [4.78, 5) is 18.7. The van der Waals surface area contributed by atoms with Gasteiger partial charge in [0.05, 0.1) is 5.01 Å². The molecule has 0 aliphatic carbocycles. The van der Waals surface area contributed by atoms with E-state index in [0.29, 0.717) is 18.2 Å². The van der Waals surface area contributed by atoms with Gasteiger partial charge in [0.1, 0.15) is 18.1 Å². The second kappa shape index (κ2) is 6.99. The van der Waals surface area contributed by atoms with Gasteiger partial charge in [0.15, 0.2) is 5.82 Å². The molecule has 1 amide bonds. The molecule has 3 aromatic rings. The Bertz CT molecular complexity index is 890. The number of carbonyl (C=O) groups excluding carboxylic acids is 1. The molecule has 136 valence electrons. The first-order valence-electron chi connectivity index (χ1n) is 8.69. The van der Waals surface area contributed by atoms with Crippen molar-refractivity contribution in [1.29, 1.82) is 0 Å². The molecule has 26 heavy (non-hydrogen) atoms. The van der Waals surface area contributed by atoms with Gasteiger partial charge >= 0.3 is 0 Å². The first-order valence-corrected chi connectivity index (χ1v) is 9.57. The number of amides is 1. The zero-order valence-corrected chi connectivity index (χ0v) is 15.7. The van der Waals surface area contributed by atoms with Gasteiger partial charge in [0.25, 0.3) is 5.91 Å². The van der Waals surface area contributed by atoms with Gasteiger partial charge in [-0.2, -0.15) is 5.10 Å². The summed E-state index contributed by atoms with van der Waals surface area (Å²) >= 11 is 1.51. The Hall–Kier alpha value is -2.55. The fourth-order valence-electron chi connectivity index (χ4n) is 3.37. The summed E-state index contributed by atoms with van der Waals surface area (Å²) in [6, 6.07) is 1.90. The number of aryl methyl sites for hydroxylation is 1. The molecule has 4 heterocycles. The highest BCUT2D eigenvalue weighted by Crippen LogP contribution is 2.27. The molecule has 0 bridgehead atoms. The van der Waals surface area contributed by atoms with E-state index in [1.54, 1.807) is 6.20 Å². The van der Waals surface area contributed by atoms with E-state index in [1.807, 2.05) is 41.2 Å². The normalized spacial score (nSPS) is 15.5. The van der Waals surface area contributed by atoms with Crippen molar-refractivity contribution in [1.82, 2.24) is 34.4 Å². The second-order valence-electron chi connectivity index (χ2n) is 6.56. The Morgan fingerprint density at radius 1 is 1.31 bits per heavy atom. The molecule has 3 aromatic heterocycles. The summed E-state index contributed by atoms with van der Waals surface area (Å²) in [6.45, 7) is 3.97. The van der Waals surface area contributed by atoms with Gasteiger partial charge < -0.3 is 9.47 Å². The first-order chi connectivity index (χ1) is 12.6. The highest BCUT2D eigenvalue weighted by molar-refractivity contribution is 7.09. The van der Waals surface area contributed by atoms with Gasteiger partial charge in [-0.15, -0.1) is 21.5 Å². The lowest BCUT2D eigenvalue weighted by atomic mass is 9.95. The van der Waals surface area contributed by atoms with Crippen molar-refractivity contribution in [2.45, 2.75) is 32.2 Å². The monoisotopic (exact) mass is 371 g/mol. The Balaban J connectivity index is 1.40. The number of piperidine rings is 1. The van der Waals surface area contributed by atoms with Gasteiger partial charge in [0, 0.05) is 43.8 Å². The number of rotatable bonds is 4. The molecule has 1 fully saturated rings. The zero-order chi connectivity index (χ0) is 18.1. The third-order valence-corrected chi connectivity index (χ3v) is 5.62. The maximum absolute atomic E-state index is 12.5. The minimum absolute atomic E-state index is 0.0325.